The second kappa shape index (κ2) is 12.2. The number of amides is 1. The highest BCUT2D eigenvalue weighted by Gasteiger charge is 2.30. The lowest BCUT2D eigenvalue weighted by atomic mass is 9.90. The molecule has 1 aromatic rings. The van der Waals surface area contributed by atoms with Gasteiger partial charge in [0.25, 0.3) is 0 Å². The molecule has 32 heavy (non-hydrogen) atoms. The van der Waals surface area contributed by atoms with Crippen molar-refractivity contribution in [3.63, 3.8) is 0 Å². The highest BCUT2D eigenvalue weighted by molar-refractivity contribution is 5.95. The first-order valence-corrected chi connectivity index (χ1v) is 10.4. The summed E-state index contributed by atoms with van der Waals surface area (Å²) in [6, 6.07) is 4.46. The van der Waals surface area contributed by atoms with Gasteiger partial charge in [0, 0.05) is 25.3 Å². The fraction of sp³-hybridized carbons (Fsp3) is 0.417. The third-order valence-corrected chi connectivity index (χ3v) is 5.06. The number of ether oxygens (including phenoxy) is 1. The Hall–Kier alpha value is -2.87. The van der Waals surface area contributed by atoms with E-state index in [9.17, 15) is 27.9 Å². The van der Waals surface area contributed by atoms with Crippen LogP contribution in [0.3, 0.4) is 0 Å². The summed E-state index contributed by atoms with van der Waals surface area (Å²) in [6.45, 7) is -0.210. The molecule has 3 atom stereocenters. The Bertz CT molecular complexity index is 861. The minimum absolute atomic E-state index is 0.00404. The quantitative estimate of drug-likeness (QED) is 0.390. The molecule has 0 saturated carbocycles. The molecule has 1 aliphatic carbocycles. The maximum atomic E-state index is 12.8. The molecule has 0 aromatic heterocycles. The molecule has 0 heterocycles. The van der Waals surface area contributed by atoms with Crippen molar-refractivity contribution >= 4 is 11.7 Å². The normalized spacial score (nSPS) is 19.7. The Labute approximate surface area is 185 Å². The highest BCUT2D eigenvalue weighted by atomic mass is 19.4. The highest BCUT2D eigenvalue weighted by Crippen LogP contribution is 2.31. The van der Waals surface area contributed by atoms with E-state index in [1.807, 2.05) is 12.2 Å². The molecule has 1 aromatic carbocycles. The van der Waals surface area contributed by atoms with Crippen molar-refractivity contribution in [2.75, 3.05) is 13.7 Å². The minimum atomic E-state index is -4.47. The first-order valence-electron chi connectivity index (χ1n) is 10.4. The molecule has 5 nitrogen and oxygen atoms in total. The van der Waals surface area contributed by atoms with E-state index in [1.54, 1.807) is 19.2 Å². The minimum Gasteiger partial charge on any atom is -0.491 e. The lowest BCUT2D eigenvalue weighted by molar-refractivity contribution is -0.137. The zero-order chi connectivity index (χ0) is 23.6. The average Bonchev–Trinajstić information content (AvgIpc) is 3.11. The van der Waals surface area contributed by atoms with Gasteiger partial charge in [-0.05, 0) is 43.5 Å². The van der Waals surface area contributed by atoms with Gasteiger partial charge in [0.05, 0.1) is 5.56 Å². The fourth-order valence-electron chi connectivity index (χ4n) is 3.25. The van der Waals surface area contributed by atoms with Crippen LogP contribution in [-0.4, -0.2) is 36.6 Å². The van der Waals surface area contributed by atoms with Crippen molar-refractivity contribution in [3.05, 3.63) is 66.3 Å². The molecule has 0 bridgehead atoms. The van der Waals surface area contributed by atoms with Gasteiger partial charge in [0.15, 0.2) is 5.78 Å². The maximum absolute atomic E-state index is 12.8. The molecule has 0 radical (unpaired) electrons. The molecule has 0 aliphatic heterocycles. The number of aliphatic hydroxyl groups excluding tert-OH is 1. The van der Waals surface area contributed by atoms with Crippen LogP contribution < -0.4 is 10.1 Å². The predicted octanol–water partition coefficient (Wildman–Crippen LogP) is 4.24. The van der Waals surface area contributed by atoms with Crippen LogP contribution in [0.15, 0.2) is 60.7 Å². The van der Waals surface area contributed by atoms with Crippen LogP contribution in [0.1, 0.15) is 31.2 Å². The first-order chi connectivity index (χ1) is 15.2. The number of carbonyl (C=O) groups is 2. The number of aliphatic hydroxyl groups is 1. The molecule has 1 aliphatic rings. The Balaban J connectivity index is 1.81. The van der Waals surface area contributed by atoms with Gasteiger partial charge in [-0.3, -0.25) is 9.59 Å². The number of hydrogen-bond acceptors (Lipinski definition) is 4. The molecular formula is C24H28F3NO4. The Morgan fingerprint density at radius 1 is 1.31 bits per heavy atom. The van der Waals surface area contributed by atoms with Crippen molar-refractivity contribution in [1.29, 1.82) is 0 Å². The predicted molar refractivity (Wildman–Crippen MR) is 115 cm³/mol. The summed E-state index contributed by atoms with van der Waals surface area (Å²) in [6.07, 6.45) is 7.33. The van der Waals surface area contributed by atoms with Gasteiger partial charge in [-0.1, -0.05) is 36.4 Å². The van der Waals surface area contributed by atoms with E-state index in [-0.39, 0.29) is 35.9 Å². The third-order valence-electron chi connectivity index (χ3n) is 5.06. The molecule has 174 valence electrons. The van der Waals surface area contributed by atoms with Crippen molar-refractivity contribution in [3.8, 4) is 5.75 Å². The summed E-state index contributed by atoms with van der Waals surface area (Å²) in [5, 5.41) is 12.7. The number of benzene rings is 1. The zero-order valence-corrected chi connectivity index (χ0v) is 17.8. The number of rotatable bonds is 11. The van der Waals surface area contributed by atoms with Gasteiger partial charge in [-0.15, -0.1) is 0 Å². The van der Waals surface area contributed by atoms with E-state index in [1.165, 1.54) is 24.3 Å². The number of halogens is 3. The number of alkyl halides is 3. The number of carbonyl (C=O) groups excluding carboxylic acids is 2. The van der Waals surface area contributed by atoms with Crippen LogP contribution in [0.4, 0.5) is 13.2 Å². The molecule has 2 N–H and O–H groups in total. The lowest BCUT2D eigenvalue weighted by Gasteiger charge is -2.14. The van der Waals surface area contributed by atoms with E-state index in [2.05, 4.69) is 5.32 Å². The Morgan fingerprint density at radius 2 is 2.09 bits per heavy atom. The molecule has 0 spiro atoms. The van der Waals surface area contributed by atoms with Gasteiger partial charge in [0.1, 0.15) is 18.5 Å². The molecule has 2 rings (SSSR count). The largest absolute Gasteiger partial charge is 0.491 e. The molecular weight excluding hydrogens is 423 g/mol. The lowest BCUT2D eigenvalue weighted by Crippen LogP contribution is -2.17. The summed E-state index contributed by atoms with van der Waals surface area (Å²) < 4.78 is 43.5. The number of unbranched alkanes of at least 4 members (excludes halogenated alkanes) is 1. The fourth-order valence-corrected chi connectivity index (χ4v) is 3.25. The summed E-state index contributed by atoms with van der Waals surface area (Å²) in [5.41, 5.74) is -0.820. The number of allylic oxidation sites excluding steroid dienone is 5. The van der Waals surface area contributed by atoms with Crippen LogP contribution >= 0.6 is 0 Å². The summed E-state index contributed by atoms with van der Waals surface area (Å²) >= 11 is 0. The standard InChI is InChI=1S/C24H28F3NO4/c1-28-23(31)10-5-3-2-4-9-21-17(12-14-22(21)30)11-13-19(29)16-32-20-8-6-7-18(15-20)24(25,26)27/h2,4,6-8,11-15,17,19,21,29H,3,5,9-10,16H2,1H3,(H,28,31)/b4-2-,13-11+/t17-,19+,21+/m0/s1. The maximum Gasteiger partial charge on any atom is 0.416 e. The van der Waals surface area contributed by atoms with Gasteiger partial charge in [0.2, 0.25) is 5.91 Å². The number of ketones is 1. The third kappa shape index (κ3) is 8.34. The zero-order valence-electron chi connectivity index (χ0n) is 17.8. The van der Waals surface area contributed by atoms with Gasteiger partial charge < -0.3 is 15.2 Å². The monoisotopic (exact) mass is 451 g/mol. The van der Waals surface area contributed by atoms with Crippen LogP contribution in [-0.2, 0) is 15.8 Å². The summed E-state index contributed by atoms with van der Waals surface area (Å²) in [5.74, 6) is -0.430. The van der Waals surface area contributed by atoms with Gasteiger partial charge >= 0.3 is 6.18 Å². The van der Waals surface area contributed by atoms with E-state index in [0.29, 0.717) is 12.8 Å². The molecule has 1 amide bonds. The van der Waals surface area contributed by atoms with Crippen molar-refractivity contribution in [1.82, 2.24) is 5.32 Å². The Morgan fingerprint density at radius 3 is 2.81 bits per heavy atom. The second-order valence-electron chi connectivity index (χ2n) is 7.51. The van der Waals surface area contributed by atoms with Crippen LogP contribution in [0, 0.1) is 11.8 Å². The van der Waals surface area contributed by atoms with Crippen molar-refractivity contribution < 1.29 is 32.6 Å². The van der Waals surface area contributed by atoms with Gasteiger partial charge in [-0.2, -0.15) is 13.2 Å². The van der Waals surface area contributed by atoms with E-state index in [0.717, 1.165) is 25.0 Å². The van der Waals surface area contributed by atoms with Crippen LogP contribution in [0.25, 0.3) is 0 Å². The van der Waals surface area contributed by atoms with E-state index < -0.39 is 17.8 Å². The smallest absolute Gasteiger partial charge is 0.416 e. The second-order valence-corrected chi connectivity index (χ2v) is 7.51. The van der Waals surface area contributed by atoms with Crippen molar-refractivity contribution in [2.24, 2.45) is 11.8 Å². The SMILES string of the molecule is CNC(=O)CCC/C=C\C[C@H]1C(=O)C=C[C@@H]1/C=C/[C@@H](O)COc1cccc(C(F)(F)F)c1. The van der Waals surface area contributed by atoms with E-state index in [4.69, 9.17) is 4.74 Å². The van der Waals surface area contributed by atoms with Crippen LogP contribution in [0.2, 0.25) is 0 Å². The topological polar surface area (TPSA) is 75.6 Å². The number of nitrogens with one attached hydrogen (secondary N) is 1. The molecule has 0 fully saturated rings. The summed E-state index contributed by atoms with van der Waals surface area (Å²) in [4.78, 5) is 23.3. The molecule has 8 heteroatoms. The van der Waals surface area contributed by atoms with Crippen LogP contribution in [0.5, 0.6) is 5.75 Å². The molecule has 0 saturated heterocycles. The van der Waals surface area contributed by atoms with E-state index >= 15 is 0 Å². The van der Waals surface area contributed by atoms with Gasteiger partial charge in [-0.25, -0.2) is 0 Å². The van der Waals surface area contributed by atoms with Crippen molar-refractivity contribution in [2.45, 2.75) is 38.0 Å². The first kappa shape index (κ1) is 25.4. The molecule has 0 unspecified atom stereocenters. The summed E-state index contributed by atoms with van der Waals surface area (Å²) in [7, 11) is 1.60. The Kier molecular flexibility index (Phi) is 9.71. The average molecular weight is 451 g/mol. The number of hydrogen-bond donors (Lipinski definition) is 2.